The van der Waals surface area contributed by atoms with Crippen molar-refractivity contribution in [2.24, 2.45) is 5.41 Å². The molecule has 0 aliphatic rings. The Bertz CT molecular complexity index is 838. The number of ketones is 1. The normalized spacial score (nSPS) is 12.0. The van der Waals surface area contributed by atoms with Crippen LogP contribution in [0.2, 0.25) is 0 Å². The molecule has 1 heterocycles. The van der Waals surface area contributed by atoms with Crippen molar-refractivity contribution in [3.05, 3.63) is 48.2 Å². The van der Waals surface area contributed by atoms with Gasteiger partial charge in [-0.05, 0) is 25.2 Å². The molecule has 0 atom stereocenters. The first kappa shape index (κ1) is 18.1. The lowest BCUT2D eigenvalue weighted by Gasteiger charge is -2.16. The van der Waals surface area contributed by atoms with Crippen LogP contribution in [0.5, 0.6) is 11.6 Å². The fourth-order valence-electron chi connectivity index (χ4n) is 1.95. The minimum absolute atomic E-state index is 0.0105. The molecule has 1 aromatic carbocycles. The van der Waals surface area contributed by atoms with Gasteiger partial charge >= 0.3 is 0 Å². The summed E-state index contributed by atoms with van der Waals surface area (Å²) < 4.78 is 31.4. The monoisotopic (exact) mass is 348 g/mol. The number of rotatable bonds is 5. The zero-order valence-corrected chi connectivity index (χ0v) is 14.8. The summed E-state index contributed by atoms with van der Waals surface area (Å²) in [6.45, 7) is 5.52. The van der Waals surface area contributed by atoms with Crippen molar-refractivity contribution < 1.29 is 17.9 Å². The lowest BCUT2D eigenvalue weighted by atomic mass is 9.87. The molecule has 1 N–H and O–H groups in total. The number of hydrogen-bond donors (Lipinski definition) is 1. The number of carbonyl (C=O) groups excluding carboxylic acids is 1. The number of carbonyl (C=O) groups is 1. The molecule has 24 heavy (non-hydrogen) atoms. The third-order valence-corrected chi connectivity index (χ3v) is 4.70. The molecule has 0 aliphatic heterocycles. The van der Waals surface area contributed by atoms with E-state index >= 15 is 0 Å². The Hall–Kier alpha value is -2.25. The molecule has 0 bridgehead atoms. The van der Waals surface area contributed by atoms with Gasteiger partial charge in [-0.15, -0.1) is 0 Å². The van der Waals surface area contributed by atoms with Crippen molar-refractivity contribution >= 4 is 15.8 Å². The predicted molar refractivity (Wildman–Crippen MR) is 90.8 cm³/mol. The Balaban J connectivity index is 2.21. The van der Waals surface area contributed by atoms with Crippen LogP contribution < -0.4 is 9.46 Å². The molecule has 1 aromatic heterocycles. The molecule has 2 rings (SSSR count). The van der Waals surface area contributed by atoms with Crippen molar-refractivity contribution in [1.82, 2.24) is 9.71 Å². The zero-order chi connectivity index (χ0) is 18.0. The molecule has 6 nitrogen and oxygen atoms in total. The highest BCUT2D eigenvalue weighted by atomic mass is 32.2. The number of hydrogen-bond acceptors (Lipinski definition) is 5. The lowest BCUT2D eigenvalue weighted by molar-refractivity contribution is 0.0858. The molecule has 7 heteroatoms. The molecule has 0 saturated heterocycles. The van der Waals surface area contributed by atoms with E-state index in [-0.39, 0.29) is 16.6 Å². The Kier molecular flexibility index (Phi) is 5.05. The van der Waals surface area contributed by atoms with Gasteiger partial charge < -0.3 is 4.74 Å². The van der Waals surface area contributed by atoms with Crippen LogP contribution in [0.15, 0.2) is 47.5 Å². The van der Waals surface area contributed by atoms with Crippen molar-refractivity contribution in [3.63, 3.8) is 0 Å². The van der Waals surface area contributed by atoms with E-state index < -0.39 is 15.4 Å². The summed E-state index contributed by atoms with van der Waals surface area (Å²) in [5.74, 6) is 0.608. The first-order valence-electron chi connectivity index (χ1n) is 7.36. The van der Waals surface area contributed by atoms with E-state index in [1.54, 1.807) is 24.3 Å². The molecule has 0 radical (unpaired) electrons. The molecule has 0 amide bonds. The maximum atomic E-state index is 12.2. The van der Waals surface area contributed by atoms with E-state index in [0.717, 1.165) is 0 Å². The summed E-state index contributed by atoms with van der Waals surface area (Å²) in [4.78, 5) is 16.4. The maximum Gasteiger partial charge on any atom is 0.240 e. The third kappa shape index (κ3) is 4.18. The highest BCUT2D eigenvalue weighted by Crippen LogP contribution is 2.24. The summed E-state index contributed by atoms with van der Waals surface area (Å²) in [6.07, 6.45) is 1.46. The van der Waals surface area contributed by atoms with Crippen LogP contribution in [0.4, 0.5) is 0 Å². The SMILES string of the molecule is CNS(=O)(=O)c1cccc(Oc2ccc(C(=O)C(C)(C)C)cn2)c1. The first-order valence-corrected chi connectivity index (χ1v) is 8.84. The molecular weight excluding hydrogens is 328 g/mol. The fraction of sp³-hybridized carbons (Fsp3) is 0.294. The van der Waals surface area contributed by atoms with Crippen LogP contribution >= 0.6 is 0 Å². The number of pyridine rings is 1. The summed E-state index contributed by atoms with van der Waals surface area (Å²) in [7, 11) is -2.20. The lowest BCUT2D eigenvalue weighted by Crippen LogP contribution is -2.20. The fourth-order valence-corrected chi connectivity index (χ4v) is 2.72. The van der Waals surface area contributed by atoms with Gasteiger partial charge in [0.2, 0.25) is 15.9 Å². The van der Waals surface area contributed by atoms with Crippen molar-refractivity contribution in [2.45, 2.75) is 25.7 Å². The van der Waals surface area contributed by atoms with E-state index in [2.05, 4.69) is 9.71 Å². The number of ether oxygens (including phenoxy) is 1. The maximum absolute atomic E-state index is 12.2. The van der Waals surface area contributed by atoms with Gasteiger partial charge in [0.15, 0.2) is 5.78 Å². The highest BCUT2D eigenvalue weighted by molar-refractivity contribution is 7.89. The molecule has 2 aromatic rings. The molecule has 0 aliphatic carbocycles. The average molecular weight is 348 g/mol. The van der Waals surface area contributed by atoms with Crippen LogP contribution in [0.1, 0.15) is 31.1 Å². The van der Waals surface area contributed by atoms with Gasteiger partial charge in [0, 0.05) is 29.3 Å². The summed E-state index contributed by atoms with van der Waals surface area (Å²) >= 11 is 0. The van der Waals surface area contributed by atoms with Crippen molar-refractivity contribution in [1.29, 1.82) is 0 Å². The number of Topliss-reactive ketones (excluding diaryl/α,β-unsaturated/α-hetero) is 1. The largest absolute Gasteiger partial charge is 0.439 e. The van der Waals surface area contributed by atoms with E-state index in [1.807, 2.05) is 20.8 Å². The van der Waals surface area contributed by atoms with Gasteiger partial charge in [-0.3, -0.25) is 4.79 Å². The Morgan fingerprint density at radius 2 is 1.88 bits per heavy atom. The molecule has 0 fully saturated rings. The van der Waals surface area contributed by atoms with Gasteiger partial charge in [0.25, 0.3) is 0 Å². The van der Waals surface area contributed by atoms with Gasteiger partial charge in [0.1, 0.15) is 5.75 Å². The minimum Gasteiger partial charge on any atom is -0.439 e. The standard InChI is InChI=1S/C17H20N2O4S/c1-17(2,3)16(20)12-8-9-15(19-11-12)23-13-6-5-7-14(10-13)24(21,22)18-4/h5-11,18H,1-4H3. The summed E-state index contributed by atoms with van der Waals surface area (Å²) in [5.41, 5.74) is 0.0150. The summed E-state index contributed by atoms with van der Waals surface area (Å²) in [6, 6.07) is 9.31. The van der Waals surface area contributed by atoms with Crippen molar-refractivity contribution in [2.75, 3.05) is 7.05 Å². The van der Waals surface area contributed by atoms with Crippen molar-refractivity contribution in [3.8, 4) is 11.6 Å². The number of aromatic nitrogens is 1. The van der Waals surface area contributed by atoms with Gasteiger partial charge in [0.05, 0.1) is 4.90 Å². The van der Waals surface area contributed by atoms with E-state index in [4.69, 9.17) is 4.74 Å². The van der Waals surface area contributed by atoms with Crippen LogP contribution in [-0.2, 0) is 10.0 Å². The summed E-state index contributed by atoms with van der Waals surface area (Å²) in [5, 5.41) is 0. The highest BCUT2D eigenvalue weighted by Gasteiger charge is 2.23. The molecule has 0 unspecified atom stereocenters. The van der Waals surface area contributed by atoms with Gasteiger partial charge in [-0.25, -0.2) is 18.1 Å². The van der Waals surface area contributed by atoms with E-state index in [9.17, 15) is 13.2 Å². The Morgan fingerprint density at radius 1 is 1.17 bits per heavy atom. The average Bonchev–Trinajstić information content (AvgIpc) is 2.54. The molecule has 0 spiro atoms. The second kappa shape index (κ2) is 6.70. The zero-order valence-electron chi connectivity index (χ0n) is 14.0. The number of nitrogens with zero attached hydrogens (tertiary/aromatic N) is 1. The predicted octanol–water partition coefficient (Wildman–Crippen LogP) is 3.01. The number of benzene rings is 1. The van der Waals surface area contributed by atoms with E-state index in [0.29, 0.717) is 11.3 Å². The molecule has 0 saturated carbocycles. The Morgan fingerprint density at radius 3 is 2.42 bits per heavy atom. The quantitative estimate of drug-likeness (QED) is 0.840. The van der Waals surface area contributed by atoms with E-state index in [1.165, 1.54) is 25.4 Å². The molecular formula is C17H20N2O4S. The molecule has 128 valence electrons. The first-order chi connectivity index (χ1) is 11.1. The number of nitrogens with one attached hydrogen (secondary N) is 1. The second-order valence-electron chi connectivity index (χ2n) is 6.25. The second-order valence-corrected chi connectivity index (χ2v) is 8.14. The Labute approximate surface area is 141 Å². The minimum atomic E-state index is -3.54. The van der Waals surface area contributed by atoms with Crippen LogP contribution in [0.25, 0.3) is 0 Å². The third-order valence-electron chi connectivity index (χ3n) is 3.29. The number of sulfonamides is 1. The van der Waals surface area contributed by atoms with Crippen LogP contribution in [0.3, 0.4) is 0 Å². The van der Waals surface area contributed by atoms with Crippen LogP contribution in [-0.4, -0.2) is 26.2 Å². The van der Waals surface area contributed by atoms with Gasteiger partial charge in [-0.1, -0.05) is 26.8 Å². The van der Waals surface area contributed by atoms with Gasteiger partial charge in [-0.2, -0.15) is 0 Å². The van der Waals surface area contributed by atoms with Crippen LogP contribution in [0, 0.1) is 5.41 Å². The smallest absolute Gasteiger partial charge is 0.240 e. The topological polar surface area (TPSA) is 85.4 Å².